The number of methoxy groups -OCH3 is 2. The van der Waals surface area contributed by atoms with E-state index in [1.54, 1.807) is 14.2 Å². The molecule has 7 heteroatoms. The molecule has 2 rings (SSSR count). The molecule has 1 aliphatic heterocycles. The van der Waals surface area contributed by atoms with Gasteiger partial charge in [-0.25, -0.2) is 0 Å². The van der Waals surface area contributed by atoms with Crippen molar-refractivity contribution >= 4 is 17.7 Å². The summed E-state index contributed by atoms with van der Waals surface area (Å²) < 4.78 is 10.9. The van der Waals surface area contributed by atoms with Crippen LogP contribution in [0, 0.1) is 0 Å². The lowest BCUT2D eigenvalue weighted by Gasteiger charge is -2.36. The van der Waals surface area contributed by atoms with Gasteiger partial charge in [0, 0.05) is 51.4 Å². The van der Waals surface area contributed by atoms with Crippen molar-refractivity contribution in [2.24, 2.45) is 4.99 Å². The number of benzene rings is 1. The number of rotatable bonds is 10. The molecule has 1 saturated heterocycles. The third-order valence-electron chi connectivity index (χ3n) is 4.91. The fourth-order valence-corrected chi connectivity index (χ4v) is 3.83. The van der Waals surface area contributed by atoms with Crippen LogP contribution in [0.3, 0.4) is 0 Å². The largest absolute Gasteiger partial charge is 0.497 e. The summed E-state index contributed by atoms with van der Waals surface area (Å²) in [6, 6.07) is 6.00. The first-order valence-electron chi connectivity index (χ1n) is 10.2. The molecule has 6 nitrogen and oxygen atoms in total. The second kappa shape index (κ2) is 12.8. The number of hydrogen-bond acceptors (Lipinski definition) is 5. The van der Waals surface area contributed by atoms with Crippen molar-refractivity contribution in [3.05, 3.63) is 23.8 Å². The van der Waals surface area contributed by atoms with Gasteiger partial charge in [-0.3, -0.25) is 9.89 Å². The lowest BCUT2D eigenvalue weighted by atomic mass is 10.1. The van der Waals surface area contributed by atoms with Crippen LogP contribution < -0.4 is 14.8 Å². The highest BCUT2D eigenvalue weighted by Crippen LogP contribution is 2.25. The van der Waals surface area contributed by atoms with Gasteiger partial charge < -0.3 is 19.7 Å². The van der Waals surface area contributed by atoms with E-state index in [0.29, 0.717) is 0 Å². The molecule has 0 saturated carbocycles. The molecule has 0 unspecified atom stereocenters. The minimum atomic E-state index is 0.872. The van der Waals surface area contributed by atoms with Gasteiger partial charge in [0.15, 0.2) is 5.96 Å². The van der Waals surface area contributed by atoms with Crippen molar-refractivity contribution in [1.29, 1.82) is 0 Å². The van der Waals surface area contributed by atoms with Crippen LogP contribution in [0.2, 0.25) is 0 Å². The molecular weight excluding hydrogens is 372 g/mol. The summed E-state index contributed by atoms with van der Waals surface area (Å²) in [6.07, 6.45) is 4.56. The van der Waals surface area contributed by atoms with Gasteiger partial charge in [-0.1, -0.05) is 0 Å². The Bertz CT molecular complexity index is 604. The first-order valence-corrected chi connectivity index (χ1v) is 11.6. The molecule has 0 spiro atoms. The van der Waals surface area contributed by atoms with Gasteiger partial charge in [-0.05, 0) is 50.0 Å². The standard InChI is InChI=1S/C21H36N4O2S/c1-5-22-21(23-10-6-7-15-28-4)25-13-11-24(12-14-25)17-18-16-19(26-2)8-9-20(18)27-3/h8-9,16H,5-7,10-15,17H2,1-4H3,(H,22,23). The molecule has 158 valence electrons. The Labute approximate surface area is 174 Å². The van der Waals surface area contributed by atoms with Gasteiger partial charge in [0.25, 0.3) is 0 Å². The second-order valence-electron chi connectivity index (χ2n) is 6.88. The van der Waals surface area contributed by atoms with Crippen LogP contribution in [-0.2, 0) is 6.54 Å². The van der Waals surface area contributed by atoms with Gasteiger partial charge in [0.05, 0.1) is 14.2 Å². The number of hydrogen-bond donors (Lipinski definition) is 1. The SMILES string of the molecule is CCNC(=NCCCCSC)N1CCN(Cc2cc(OC)ccc2OC)CC1. The third-order valence-corrected chi connectivity index (χ3v) is 5.60. The number of nitrogens with zero attached hydrogens (tertiary/aromatic N) is 3. The fraction of sp³-hybridized carbons (Fsp3) is 0.667. The molecule has 1 fully saturated rings. The Morgan fingerprint density at radius 1 is 1.14 bits per heavy atom. The van der Waals surface area contributed by atoms with E-state index in [4.69, 9.17) is 14.5 Å². The Morgan fingerprint density at radius 2 is 1.93 bits per heavy atom. The first kappa shape index (κ1) is 22.7. The number of thioether (sulfide) groups is 1. The summed E-state index contributed by atoms with van der Waals surface area (Å²) >= 11 is 1.91. The molecule has 0 bridgehead atoms. The molecule has 1 heterocycles. The Hall–Kier alpha value is -1.60. The van der Waals surface area contributed by atoms with E-state index in [9.17, 15) is 0 Å². The van der Waals surface area contributed by atoms with Crippen molar-refractivity contribution < 1.29 is 9.47 Å². The van der Waals surface area contributed by atoms with E-state index in [-0.39, 0.29) is 0 Å². The third kappa shape index (κ3) is 7.09. The second-order valence-corrected chi connectivity index (χ2v) is 7.86. The van der Waals surface area contributed by atoms with Crippen LogP contribution in [0.1, 0.15) is 25.3 Å². The zero-order valence-electron chi connectivity index (χ0n) is 17.9. The zero-order valence-corrected chi connectivity index (χ0v) is 18.7. The number of ether oxygens (including phenoxy) is 2. The predicted octanol–water partition coefficient (Wildman–Crippen LogP) is 2.93. The average molecular weight is 409 g/mol. The van der Waals surface area contributed by atoms with Crippen LogP contribution >= 0.6 is 11.8 Å². The van der Waals surface area contributed by atoms with Crippen LogP contribution in [0.4, 0.5) is 0 Å². The smallest absolute Gasteiger partial charge is 0.194 e. The Balaban J connectivity index is 1.89. The van der Waals surface area contributed by atoms with E-state index >= 15 is 0 Å². The van der Waals surface area contributed by atoms with Gasteiger partial charge in [0.2, 0.25) is 0 Å². The minimum absolute atomic E-state index is 0.872. The Morgan fingerprint density at radius 3 is 2.57 bits per heavy atom. The normalized spacial score (nSPS) is 15.6. The van der Waals surface area contributed by atoms with Crippen molar-refractivity contribution in [3.8, 4) is 11.5 Å². The van der Waals surface area contributed by atoms with Crippen LogP contribution in [0.5, 0.6) is 11.5 Å². The number of guanidine groups is 1. The van der Waals surface area contributed by atoms with E-state index in [1.165, 1.54) is 17.7 Å². The summed E-state index contributed by atoms with van der Waals surface area (Å²) in [5, 5.41) is 3.46. The molecule has 0 radical (unpaired) electrons. The van der Waals surface area contributed by atoms with Gasteiger partial charge >= 0.3 is 0 Å². The predicted molar refractivity (Wildman–Crippen MR) is 120 cm³/mol. The Kier molecular flexibility index (Phi) is 10.4. The number of unbranched alkanes of at least 4 members (excludes halogenated alkanes) is 1. The number of nitrogens with one attached hydrogen (secondary N) is 1. The monoisotopic (exact) mass is 408 g/mol. The summed E-state index contributed by atoms with van der Waals surface area (Å²) in [7, 11) is 3.43. The van der Waals surface area contributed by atoms with Crippen molar-refractivity contribution in [1.82, 2.24) is 15.1 Å². The molecule has 1 N–H and O–H groups in total. The van der Waals surface area contributed by atoms with Crippen LogP contribution in [-0.4, -0.2) is 81.3 Å². The van der Waals surface area contributed by atoms with E-state index in [0.717, 1.165) is 69.7 Å². The molecule has 0 aromatic heterocycles. The quantitative estimate of drug-likeness (QED) is 0.365. The number of aliphatic imine (C=N–C) groups is 1. The summed E-state index contributed by atoms with van der Waals surface area (Å²) in [4.78, 5) is 9.69. The highest BCUT2D eigenvalue weighted by molar-refractivity contribution is 7.98. The maximum atomic E-state index is 5.53. The maximum absolute atomic E-state index is 5.53. The zero-order chi connectivity index (χ0) is 20.2. The van der Waals surface area contributed by atoms with Crippen molar-refractivity contribution in [2.45, 2.75) is 26.3 Å². The van der Waals surface area contributed by atoms with E-state index in [2.05, 4.69) is 34.4 Å². The summed E-state index contributed by atoms with van der Waals surface area (Å²) in [6.45, 7) is 8.82. The molecule has 28 heavy (non-hydrogen) atoms. The van der Waals surface area contributed by atoms with Gasteiger partial charge in [-0.2, -0.15) is 11.8 Å². The summed E-state index contributed by atoms with van der Waals surface area (Å²) in [5.74, 6) is 4.07. The lowest BCUT2D eigenvalue weighted by molar-refractivity contribution is 0.171. The molecule has 0 amide bonds. The van der Waals surface area contributed by atoms with Gasteiger partial charge in [0.1, 0.15) is 11.5 Å². The molecule has 0 atom stereocenters. The maximum Gasteiger partial charge on any atom is 0.194 e. The highest BCUT2D eigenvalue weighted by atomic mass is 32.2. The summed E-state index contributed by atoms with van der Waals surface area (Å²) in [5.41, 5.74) is 1.17. The molecule has 1 aromatic rings. The lowest BCUT2D eigenvalue weighted by Crippen LogP contribution is -2.52. The minimum Gasteiger partial charge on any atom is -0.497 e. The molecular formula is C21H36N4O2S. The fourth-order valence-electron chi connectivity index (χ4n) is 3.33. The van der Waals surface area contributed by atoms with Crippen LogP contribution in [0.25, 0.3) is 0 Å². The van der Waals surface area contributed by atoms with Crippen LogP contribution in [0.15, 0.2) is 23.2 Å². The van der Waals surface area contributed by atoms with Crippen molar-refractivity contribution in [3.63, 3.8) is 0 Å². The van der Waals surface area contributed by atoms with Gasteiger partial charge in [-0.15, -0.1) is 0 Å². The van der Waals surface area contributed by atoms with Crippen molar-refractivity contribution in [2.75, 3.05) is 65.5 Å². The highest BCUT2D eigenvalue weighted by Gasteiger charge is 2.20. The molecule has 1 aliphatic rings. The van der Waals surface area contributed by atoms with E-state index in [1.807, 2.05) is 23.9 Å². The number of piperazine rings is 1. The molecule has 1 aromatic carbocycles. The van der Waals surface area contributed by atoms with E-state index < -0.39 is 0 Å². The molecule has 0 aliphatic carbocycles. The average Bonchev–Trinajstić information content (AvgIpc) is 2.73. The topological polar surface area (TPSA) is 49.3 Å². The first-order chi connectivity index (χ1) is 13.7.